The highest BCUT2D eigenvalue weighted by atomic mass is 16.5. The Morgan fingerprint density at radius 2 is 1.57 bits per heavy atom. The molecular weight excluding hydrogens is 258 g/mol. The van der Waals surface area contributed by atoms with Crippen molar-refractivity contribution in [3.05, 3.63) is 83.9 Å². The third-order valence-electron chi connectivity index (χ3n) is 3.45. The molecule has 0 N–H and O–H groups in total. The van der Waals surface area contributed by atoms with Crippen molar-refractivity contribution in [2.75, 3.05) is 0 Å². The van der Waals surface area contributed by atoms with Gasteiger partial charge in [-0.3, -0.25) is 0 Å². The van der Waals surface area contributed by atoms with Gasteiger partial charge in [0.2, 0.25) is 0 Å². The molecule has 3 aromatic rings. The van der Waals surface area contributed by atoms with E-state index in [1.165, 1.54) is 5.39 Å². The molecule has 0 amide bonds. The molecule has 0 fully saturated rings. The fraction of sp³-hybridized carbons (Fsp3) is 0.105. The van der Waals surface area contributed by atoms with E-state index in [0.29, 0.717) is 6.61 Å². The van der Waals surface area contributed by atoms with Crippen molar-refractivity contribution < 1.29 is 4.74 Å². The predicted molar refractivity (Wildman–Crippen MR) is 83.5 cm³/mol. The topological polar surface area (TPSA) is 33.0 Å². The number of rotatable bonds is 4. The smallest absolute Gasteiger partial charge is 0.169 e. The quantitative estimate of drug-likeness (QED) is 0.694. The van der Waals surface area contributed by atoms with Gasteiger partial charge in [-0.1, -0.05) is 66.7 Å². The Labute approximate surface area is 124 Å². The standard InChI is InChI=1S/C19H15NO/c20-13-19(21-14-15-6-2-1-3-7-15)18-11-10-16-8-4-5-9-17(16)12-18/h1-12,19H,14H2/t19-/m0/s1. The van der Waals surface area contributed by atoms with E-state index in [1.54, 1.807) is 0 Å². The second kappa shape index (κ2) is 6.21. The number of nitrogens with zero attached hydrogens (tertiary/aromatic N) is 1. The van der Waals surface area contributed by atoms with Crippen LogP contribution >= 0.6 is 0 Å². The summed E-state index contributed by atoms with van der Waals surface area (Å²) in [4.78, 5) is 0. The van der Waals surface area contributed by atoms with Gasteiger partial charge in [0, 0.05) is 0 Å². The highest BCUT2D eigenvalue weighted by Gasteiger charge is 2.11. The van der Waals surface area contributed by atoms with E-state index >= 15 is 0 Å². The summed E-state index contributed by atoms with van der Waals surface area (Å²) in [6, 6.07) is 26.2. The van der Waals surface area contributed by atoms with Crippen molar-refractivity contribution in [3.63, 3.8) is 0 Å². The number of nitriles is 1. The van der Waals surface area contributed by atoms with Crippen molar-refractivity contribution >= 4 is 10.8 Å². The number of benzene rings is 3. The van der Waals surface area contributed by atoms with E-state index in [4.69, 9.17) is 4.74 Å². The van der Waals surface area contributed by atoms with Crippen molar-refractivity contribution in [1.29, 1.82) is 5.26 Å². The Morgan fingerprint density at radius 3 is 2.33 bits per heavy atom. The van der Waals surface area contributed by atoms with E-state index in [2.05, 4.69) is 12.1 Å². The molecule has 3 aromatic carbocycles. The molecule has 2 nitrogen and oxygen atoms in total. The molecule has 3 rings (SSSR count). The van der Waals surface area contributed by atoms with Gasteiger partial charge in [-0.25, -0.2) is 0 Å². The van der Waals surface area contributed by atoms with Crippen molar-refractivity contribution in [3.8, 4) is 6.07 Å². The van der Waals surface area contributed by atoms with Crippen LogP contribution in [-0.2, 0) is 11.3 Å². The number of hydrogen-bond donors (Lipinski definition) is 0. The van der Waals surface area contributed by atoms with Crippen LogP contribution in [-0.4, -0.2) is 0 Å². The molecule has 0 spiro atoms. The fourth-order valence-corrected chi connectivity index (χ4v) is 2.33. The van der Waals surface area contributed by atoms with Gasteiger partial charge >= 0.3 is 0 Å². The Hall–Kier alpha value is -2.63. The third-order valence-corrected chi connectivity index (χ3v) is 3.45. The van der Waals surface area contributed by atoms with Crippen molar-refractivity contribution in [2.45, 2.75) is 12.7 Å². The predicted octanol–water partition coefficient (Wildman–Crippen LogP) is 4.62. The van der Waals surface area contributed by atoms with Gasteiger partial charge in [-0.15, -0.1) is 0 Å². The lowest BCUT2D eigenvalue weighted by atomic mass is 10.0. The van der Waals surface area contributed by atoms with Crippen LogP contribution in [0.25, 0.3) is 10.8 Å². The summed E-state index contributed by atoms with van der Waals surface area (Å²) >= 11 is 0. The number of fused-ring (bicyclic) bond motifs is 1. The largest absolute Gasteiger partial charge is 0.354 e. The summed E-state index contributed by atoms with van der Waals surface area (Å²) in [5.74, 6) is 0. The maximum atomic E-state index is 9.35. The zero-order chi connectivity index (χ0) is 14.5. The first-order chi connectivity index (χ1) is 10.4. The molecule has 102 valence electrons. The number of ether oxygens (including phenoxy) is 1. The van der Waals surface area contributed by atoms with Gasteiger partial charge in [0.1, 0.15) is 0 Å². The SMILES string of the molecule is N#C[C@H](OCc1ccccc1)c1ccc2ccccc2c1. The molecule has 0 heterocycles. The summed E-state index contributed by atoms with van der Waals surface area (Å²) in [7, 11) is 0. The van der Waals surface area contributed by atoms with E-state index in [-0.39, 0.29) is 0 Å². The Kier molecular flexibility index (Phi) is 3.95. The maximum absolute atomic E-state index is 9.35. The summed E-state index contributed by atoms with van der Waals surface area (Å²) in [5.41, 5.74) is 1.96. The molecule has 0 radical (unpaired) electrons. The minimum Gasteiger partial charge on any atom is -0.354 e. The van der Waals surface area contributed by atoms with Crippen LogP contribution < -0.4 is 0 Å². The Balaban J connectivity index is 1.80. The minimum atomic E-state index is -0.546. The lowest BCUT2D eigenvalue weighted by Gasteiger charge is -2.12. The third kappa shape index (κ3) is 3.10. The molecule has 21 heavy (non-hydrogen) atoms. The summed E-state index contributed by atoms with van der Waals surface area (Å²) in [5, 5.41) is 11.6. The molecular formula is C19H15NO. The molecule has 0 saturated heterocycles. The van der Waals surface area contributed by atoms with Crippen LogP contribution in [0.2, 0.25) is 0 Å². The molecule has 1 atom stereocenters. The Morgan fingerprint density at radius 1 is 0.857 bits per heavy atom. The first-order valence-electron chi connectivity index (χ1n) is 6.90. The molecule has 2 heteroatoms. The average molecular weight is 273 g/mol. The lowest BCUT2D eigenvalue weighted by molar-refractivity contribution is 0.0768. The van der Waals surface area contributed by atoms with E-state index in [1.807, 2.05) is 66.7 Å². The zero-order valence-electron chi connectivity index (χ0n) is 11.6. The lowest BCUT2D eigenvalue weighted by Crippen LogP contribution is -2.02. The minimum absolute atomic E-state index is 0.436. The fourth-order valence-electron chi connectivity index (χ4n) is 2.33. The van der Waals surface area contributed by atoms with Crippen LogP contribution in [0.4, 0.5) is 0 Å². The van der Waals surface area contributed by atoms with Gasteiger partial charge in [-0.2, -0.15) is 5.26 Å². The molecule has 0 aromatic heterocycles. The van der Waals surface area contributed by atoms with Gasteiger partial charge in [-0.05, 0) is 28.0 Å². The normalized spacial score (nSPS) is 12.0. The van der Waals surface area contributed by atoms with Crippen molar-refractivity contribution in [1.82, 2.24) is 0 Å². The van der Waals surface area contributed by atoms with E-state index in [0.717, 1.165) is 16.5 Å². The van der Waals surface area contributed by atoms with Crippen LogP contribution in [0.3, 0.4) is 0 Å². The van der Waals surface area contributed by atoms with Crippen LogP contribution in [0.1, 0.15) is 17.2 Å². The molecule has 0 bridgehead atoms. The van der Waals surface area contributed by atoms with Crippen LogP contribution in [0, 0.1) is 11.3 Å². The second-order valence-corrected chi connectivity index (χ2v) is 4.91. The van der Waals surface area contributed by atoms with Gasteiger partial charge in [0.25, 0.3) is 0 Å². The van der Waals surface area contributed by atoms with Gasteiger partial charge in [0.15, 0.2) is 6.10 Å². The van der Waals surface area contributed by atoms with Crippen LogP contribution in [0.5, 0.6) is 0 Å². The molecule has 0 aliphatic heterocycles. The summed E-state index contributed by atoms with van der Waals surface area (Å²) in [6.07, 6.45) is -0.546. The summed E-state index contributed by atoms with van der Waals surface area (Å²) in [6.45, 7) is 0.436. The van der Waals surface area contributed by atoms with E-state index in [9.17, 15) is 5.26 Å². The van der Waals surface area contributed by atoms with Gasteiger partial charge < -0.3 is 4.74 Å². The molecule has 0 aliphatic carbocycles. The maximum Gasteiger partial charge on any atom is 0.169 e. The van der Waals surface area contributed by atoms with Crippen LogP contribution in [0.15, 0.2) is 72.8 Å². The van der Waals surface area contributed by atoms with Crippen molar-refractivity contribution in [2.24, 2.45) is 0 Å². The zero-order valence-corrected chi connectivity index (χ0v) is 11.6. The first kappa shape index (κ1) is 13.4. The van der Waals surface area contributed by atoms with Gasteiger partial charge in [0.05, 0.1) is 12.7 Å². The highest BCUT2D eigenvalue weighted by molar-refractivity contribution is 5.83. The average Bonchev–Trinajstić information content (AvgIpc) is 2.56. The molecule has 0 unspecified atom stereocenters. The molecule has 0 saturated carbocycles. The Bertz CT molecular complexity index is 774. The van der Waals surface area contributed by atoms with E-state index < -0.39 is 6.10 Å². The highest BCUT2D eigenvalue weighted by Crippen LogP contribution is 2.23. The summed E-state index contributed by atoms with van der Waals surface area (Å²) < 4.78 is 5.75. The second-order valence-electron chi connectivity index (χ2n) is 4.91. The molecule has 0 aliphatic rings. The monoisotopic (exact) mass is 273 g/mol. The number of hydrogen-bond acceptors (Lipinski definition) is 2. The first-order valence-corrected chi connectivity index (χ1v) is 6.90.